The summed E-state index contributed by atoms with van der Waals surface area (Å²) in [5.74, 6) is -0.164. The summed E-state index contributed by atoms with van der Waals surface area (Å²) in [6.45, 7) is 4.84. The van der Waals surface area contributed by atoms with Gasteiger partial charge in [-0.1, -0.05) is 6.92 Å². The van der Waals surface area contributed by atoms with Gasteiger partial charge in [0.05, 0.1) is 10.5 Å². The highest BCUT2D eigenvalue weighted by Crippen LogP contribution is 2.32. The van der Waals surface area contributed by atoms with Gasteiger partial charge in [-0.25, -0.2) is 0 Å². The molecule has 0 radical (unpaired) electrons. The van der Waals surface area contributed by atoms with Gasteiger partial charge in [-0.2, -0.15) is 13.2 Å². The number of nitrogens with zero attached hydrogens (tertiary/aromatic N) is 2. The topological polar surface area (TPSA) is 75.5 Å². The van der Waals surface area contributed by atoms with Crippen molar-refractivity contribution in [2.24, 2.45) is 5.92 Å². The Morgan fingerprint density at radius 1 is 1.42 bits per heavy atom. The van der Waals surface area contributed by atoms with E-state index < -0.39 is 28.3 Å². The number of amides is 1. The number of alkyl halides is 3. The molecule has 24 heavy (non-hydrogen) atoms. The number of non-ortho nitro benzene ring substituents is 1. The second-order valence-corrected chi connectivity index (χ2v) is 5.97. The number of halogens is 3. The van der Waals surface area contributed by atoms with Crippen LogP contribution in [0.2, 0.25) is 0 Å². The fourth-order valence-electron chi connectivity index (χ4n) is 2.67. The maximum absolute atomic E-state index is 12.8. The van der Waals surface area contributed by atoms with E-state index >= 15 is 0 Å². The maximum atomic E-state index is 12.8. The van der Waals surface area contributed by atoms with E-state index in [2.05, 4.69) is 17.1 Å². The SMILES string of the molecule is CC1CCN(CCNC(=O)c2cc([N+](=O)[O-])cc(C(F)(F)F)c2)C1. The van der Waals surface area contributed by atoms with Crippen LogP contribution < -0.4 is 5.32 Å². The minimum atomic E-state index is -4.76. The third kappa shape index (κ3) is 4.67. The predicted molar refractivity (Wildman–Crippen MR) is 80.7 cm³/mol. The first-order chi connectivity index (χ1) is 11.2. The van der Waals surface area contributed by atoms with Crippen molar-refractivity contribution in [2.45, 2.75) is 19.5 Å². The van der Waals surface area contributed by atoms with Crippen LogP contribution in [0.4, 0.5) is 18.9 Å². The monoisotopic (exact) mass is 345 g/mol. The second-order valence-electron chi connectivity index (χ2n) is 5.97. The molecule has 1 saturated heterocycles. The van der Waals surface area contributed by atoms with E-state index in [1.807, 2.05) is 0 Å². The average Bonchev–Trinajstić information content (AvgIpc) is 2.91. The summed E-state index contributed by atoms with van der Waals surface area (Å²) < 4.78 is 38.4. The first kappa shape index (κ1) is 18.2. The number of hydrogen-bond donors (Lipinski definition) is 1. The number of nitro groups is 1. The molecule has 0 saturated carbocycles. The molecule has 1 N–H and O–H groups in total. The average molecular weight is 345 g/mol. The van der Waals surface area contributed by atoms with Gasteiger partial charge in [-0.15, -0.1) is 0 Å². The summed E-state index contributed by atoms with van der Waals surface area (Å²) in [6.07, 6.45) is -3.68. The summed E-state index contributed by atoms with van der Waals surface area (Å²) in [5.41, 5.74) is -2.34. The molecular formula is C15H18F3N3O3. The number of benzene rings is 1. The van der Waals surface area contributed by atoms with E-state index in [0.29, 0.717) is 24.6 Å². The first-order valence-corrected chi connectivity index (χ1v) is 7.54. The van der Waals surface area contributed by atoms with E-state index in [1.54, 1.807) is 0 Å². The zero-order valence-corrected chi connectivity index (χ0v) is 13.1. The summed E-state index contributed by atoms with van der Waals surface area (Å²) in [4.78, 5) is 24.0. The third-order valence-electron chi connectivity index (χ3n) is 3.94. The fourth-order valence-corrected chi connectivity index (χ4v) is 2.67. The van der Waals surface area contributed by atoms with Crippen LogP contribution in [0.1, 0.15) is 29.3 Å². The van der Waals surface area contributed by atoms with E-state index in [9.17, 15) is 28.1 Å². The van der Waals surface area contributed by atoms with E-state index in [-0.39, 0.29) is 12.1 Å². The molecule has 1 aromatic rings. The number of nitro benzene ring substituents is 1. The van der Waals surface area contributed by atoms with Gasteiger partial charge in [-0.05, 0) is 24.9 Å². The van der Waals surface area contributed by atoms with Crippen molar-refractivity contribution < 1.29 is 22.9 Å². The number of nitrogens with one attached hydrogen (secondary N) is 1. The van der Waals surface area contributed by atoms with Crippen molar-refractivity contribution in [1.82, 2.24) is 10.2 Å². The zero-order chi connectivity index (χ0) is 17.9. The van der Waals surface area contributed by atoms with Gasteiger partial charge in [0.2, 0.25) is 0 Å². The lowest BCUT2D eigenvalue weighted by Gasteiger charge is -2.15. The van der Waals surface area contributed by atoms with Crippen molar-refractivity contribution in [3.8, 4) is 0 Å². The van der Waals surface area contributed by atoms with Crippen molar-refractivity contribution in [3.05, 3.63) is 39.4 Å². The molecule has 9 heteroatoms. The second kappa shape index (κ2) is 7.16. The Morgan fingerprint density at radius 3 is 2.67 bits per heavy atom. The Labute approximate surface area is 136 Å². The normalized spacial score (nSPS) is 18.6. The number of likely N-dealkylation sites (tertiary alicyclic amines) is 1. The molecule has 1 amide bonds. The lowest BCUT2D eigenvalue weighted by molar-refractivity contribution is -0.385. The van der Waals surface area contributed by atoms with Crippen molar-refractivity contribution in [1.29, 1.82) is 0 Å². The van der Waals surface area contributed by atoms with Gasteiger partial charge >= 0.3 is 6.18 Å². The van der Waals surface area contributed by atoms with Crippen LogP contribution in [0.5, 0.6) is 0 Å². The Kier molecular flexibility index (Phi) is 5.43. The number of rotatable bonds is 5. The Hall–Kier alpha value is -2.16. The molecule has 0 aliphatic carbocycles. The highest BCUT2D eigenvalue weighted by atomic mass is 19.4. The van der Waals surface area contributed by atoms with Crippen LogP contribution in [0.25, 0.3) is 0 Å². The van der Waals surface area contributed by atoms with Gasteiger partial charge in [0, 0.05) is 37.3 Å². The van der Waals surface area contributed by atoms with Crippen molar-refractivity contribution >= 4 is 11.6 Å². The Morgan fingerprint density at radius 2 is 2.12 bits per heavy atom. The molecule has 1 aliphatic rings. The van der Waals surface area contributed by atoms with Crippen LogP contribution >= 0.6 is 0 Å². The van der Waals surface area contributed by atoms with Crippen LogP contribution in [0.15, 0.2) is 18.2 Å². The smallest absolute Gasteiger partial charge is 0.351 e. The molecule has 6 nitrogen and oxygen atoms in total. The van der Waals surface area contributed by atoms with Crippen LogP contribution in [0.3, 0.4) is 0 Å². The molecule has 1 aromatic carbocycles. The van der Waals surface area contributed by atoms with E-state index in [0.717, 1.165) is 25.6 Å². The van der Waals surface area contributed by atoms with Crippen molar-refractivity contribution in [2.75, 3.05) is 26.2 Å². The molecule has 0 bridgehead atoms. The van der Waals surface area contributed by atoms with E-state index in [4.69, 9.17) is 0 Å². The largest absolute Gasteiger partial charge is 0.416 e. The standard InChI is InChI=1S/C15H18F3N3O3/c1-10-2-4-20(9-10)5-3-19-14(22)11-6-12(15(16,17)18)8-13(7-11)21(23)24/h6-8,10H,2-5,9H2,1H3,(H,19,22). The fraction of sp³-hybridized carbons (Fsp3) is 0.533. The Balaban J connectivity index is 2.05. The molecular weight excluding hydrogens is 327 g/mol. The maximum Gasteiger partial charge on any atom is 0.416 e. The quantitative estimate of drug-likeness (QED) is 0.658. The van der Waals surface area contributed by atoms with Gasteiger partial charge in [0.25, 0.3) is 11.6 Å². The Bertz CT molecular complexity index is 634. The van der Waals surface area contributed by atoms with Crippen LogP contribution in [-0.4, -0.2) is 41.9 Å². The lowest BCUT2D eigenvalue weighted by Crippen LogP contribution is -2.34. The van der Waals surface area contributed by atoms with Crippen molar-refractivity contribution in [3.63, 3.8) is 0 Å². The van der Waals surface area contributed by atoms with Gasteiger partial charge in [0.15, 0.2) is 0 Å². The highest BCUT2D eigenvalue weighted by Gasteiger charge is 2.33. The number of hydrogen-bond acceptors (Lipinski definition) is 4. The van der Waals surface area contributed by atoms with Gasteiger partial charge in [0.1, 0.15) is 0 Å². The van der Waals surface area contributed by atoms with E-state index in [1.165, 1.54) is 0 Å². The minimum Gasteiger partial charge on any atom is -0.351 e. The summed E-state index contributed by atoms with van der Waals surface area (Å²) in [6, 6.07) is 1.89. The minimum absolute atomic E-state index is 0.273. The molecule has 1 atom stereocenters. The zero-order valence-electron chi connectivity index (χ0n) is 13.1. The summed E-state index contributed by atoms with van der Waals surface area (Å²) >= 11 is 0. The molecule has 0 aromatic heterocycles. The third-order valence-corrected chi connectivity index (χ3v) is 3.94. The van der Waals surface area contributed by atoms with Gasteiger partial charge < -0.3 is 10.2 Å². The molecule has 132 valence electrons. The first-order valence-electron chi connectivity index (χ1n) is 7.54. The van der Waals surface area contributed by atoms with Crippen LogP contribution in [-0.2, 0) is 6.18 Å². The molecule has 0 spiro atoms. The highest BCUT2D eigenvalue weighted by molar-refractivity contribution is 5.95. The number of carbonyl (C=O) groups excluding carboxylic acids is 1. The molecule has 1 unspecified atom stereocenters. The van der Waals surface area contributed by atoms with Gasteiger partial charge in [-0.3, -0.25) is 14.9 Å². The molecule has 1 aliphatic heterocycles. The van der Waals surface area contributed by atoms with Crippen LogP contribution in [0, 0.1) is 16.0 Å². The summed E-state index contributed by atoms with van der Waals surface area (Å²) in [5, 5.41) is 13.3. The molecule has 2 rings (SSSR count). The summed E-state index contributed by atoms with van der Waals surface area (Å²) in [7, 11) is 0. The lowest BCUT2D eigenvalue weighted by atomic mass is 10.1. The molecule has 1 heterocycles. The number of carbonyl (C=O) groups is 1. The molecule has 1 fully saturated rings. The predicted octanol–water partition coefficient (Wildman–Crippen LogP) is 2.69.